The number of piperidine rings is 1. The molecule has 3 rings (SSSR count). The van der Waals surface area contributed by atoms with Crippen molar-refractivity contribution >= 4 is 23.5 Å². The highest BCUT2D eigenvalue weighted by Gasteiger charge is 2.25. The molecule has 0 atom stereocenters. The van der Waals surface area contributed by atoms with Gasteiger partial charge in [0.2, 0.25) is 0 Å². The van der Waals surface area contributed by atoms with Crippen molar-refractivity contribution in [2.75, 3.05) is 19.7 Å². The number of para-hydroxylation sites is 1. The third-order valence-electron chi connectivity index (χ3n) is 4.23. The molecule has 1 aromatic carbocycles. The van der Waals surface area contributed by atoms with Crippen LogP contribution in [0.15, 0.2) is 36.7 Å². The summed E-state index contributed by atoms with van der Waals surface area (Å²) < 4.78 is 7.16. The molecule has 0 spiro atoms. The number of hydrogen-bond donors (Lipinski definition) is 1. The summed E-state index contributed by atoms with van der Waals surface area (Å²) in [6.07, 6.45) is 4.32. The summed E-state index contributed by atoms with van der Waals surface area (Å²) in [6, 6.07) is 7.13. The molecule has 25 heavy (non-hydrogen) atoms. The normalized spacial score (nSPS) is 15.2. The summed E-state index contributed by atoms with van der Waals surface area (Å²) in [4.78, 5) is 24.9. The van der Waals surface area contributed by atoms with Crippen LogP contribution in [0.25, 0.3) is 0 Å². The molecule has 7 nitrogen and oxygen atoms in total. The summed E-state index contributed by atoms with van der Waals surface area (Å²) in [5.41, 5.74) is 0.173. The molecule has 1 aromatic heterocycles. The zero-order chi connectivity index (χ0) is 17.8. The second-order valence-corrected chi connectivity index (χ2v) is 6.25. The van der Waals surface area contributed by atoms with Gasteiger partial charge in [0.1, 0.15) is 5.75 Å². The molecule has 8 heteroatoms. The van der Waals surface area contributed by atoms with Crippen molar-refractivity contribution < 1.29 is 19.4 Å². The number of benzene rings is 1. The fourth-order valence-corrected chi connectivity index (χ4v) is 3.01. The Bertz CT molecular complexity index is 769. The second kappa shape index (κ2) is 7.57. The van der Waals surface area contributed by atoms with Crippen LogP contribution in [0.5, 0.6) is 5.75 Å². The Hall–Kier alpha value is -2.54. The number of aromatic nitrogens is 2. The molecule has 0 bridgehead atoms. The zero-order valence-electron chi connectivity index (χ0n) is 13.5. The zero-order valence-corrected chi connectivity index (χ0v) is 14.2. The topological polar surface area (TPSA) is 84.7 Å². The first-order chi connectivity index (χ1) is 12.0. The smallest absolute Gasteiger partial charge is 0.338 e. The van der Waals surface area contributed by atoms with Crippen LogP contribution in [0, 0.1) is 0 Å². The minimum absolute atomic E-state index is 0.0562. The minimum atomic E-state index is -0.990. The Labute approximate surface area is 149 Å². The Balaban J connectivity index is 1.50. The molecule has 0 radical (unpaired) electrons. The highest BCUT2D eigenvalue weighted by atomic mass is 35.5. The maximum Gasteiger partial charge on any atom is 0.338 e. The maximum atomic E-state index is 12.3. The lowest BCUT2D eigenvalue weighted by molar-refractivity contribution is -0.134. The van der Waals surface area contributed by atoms with Crippen molar-refractivity contribution in [3.63, 3.8) is 0 Å². The first-order valence-corrected chi connectivity index (χ1v) is 8.35. The van der Waals surface area contributed by atoms with Crippen LogP contribution < -0.4 is 4.74 Å². The highest BCUT2D eigenvalue weighted by Crippen LogP contribution is 2.24. The predicted octanol–water partition coefficient (Wildman–Crippen LogP) is 2.48. The summed E-state index contributed by atoms with van der Waals surface area (Å²) in [5, 5.41) is 13.5. The molecule has 1 saturated heterocycles. The van der Waals surface area contributed by atoms with Crippen molar-refractivity contribution in [1.29, 1.82) is 0 Å². The number of rotatable bonds is 5. The molecule has 0 aliphatic carbocycles. The highest BCUT2D eigenvalue weighted by molar-refractivity contribution is 6.32. The third kappa shape index (κ3) is 4.11. The van der Waals surface area contributed by atoms with Gasteiger partial charge in [-0.25, -0.2) is 4.79 Å². The van der Waals surface area contributed by atoms with Gasteiger partial charge in [-0.05, 0) is 25.0 Å². The quantitative estimate of drug-likeness (QED) is 0.882. The average molecular weight is 364 g/mol. The van der Waals surface area contributed by atoms with Gasteiger partial charge in [-0.15, -0.1) is 0 Å². The lowest BCUT2D eigenvalue weighted by Crippen LogP contribution is -2.41. The van der Waals surface area contributed by atoms with Crippen molar-refractivity contribution in [3.05, 3.63) is 47.2 Å². The number of likely N-dealkylation sites (tertiary alicyclic amines) is 1. The number of aromatic carboxylic acids is 1. The monoisotopic (exact) mass is 363 g/mol. The van der Waals surface area contributed by atoms with E-state index < -0.39 is 5.97 Å². The molecular weight excluding hydrogens is 346 g/mol. The molecule has 1 aliphatic heterocycles. The molecule has 1 N–H and O–H groups in total. The molecule has 0 saturated carbocycles. The van der Waals surface area contributed by atoms with E-state index in [-0.39, 0.29) is 24.1 Å². The number of ether oxygens (including phenoxy) is 1. The van der Waals surface area contributed by atoms with Gasteiger partial charge < -0.3 is 14.7 Å². The van der Waals surface area contributed by atoms with Crippen LogP contribution in [-0.2, 0) is 4.79 Å². The number of carboxylic acids is 1. The van der Waals surface area contributed by atoms with E-state index in [2.05, 4.69) is 5.10 Å². The van der Waals surface area contributed by atoms with Gasteiger partial charge >= 0.3 is 5.97 Å². The van der Waals surface area contributed by atoms with Crippen molar-refractivity contribution in [2.45, 2.75) is 18.9 Å². The van der Waals surface area contributed by atoms with E-state index in [0.29, 0.717) is 23.9 Å². The number of hydrogen-bond acceptors (Lipinski definition) is 4. The van der Waals surface area contributed by atoms with Crippen molar-refractivity contribution in [1.82, 2.24) is 14.7 Å². The molecule has 0 unspecified atom stereocenters. The Morgan fingerprint density at radius 1 is 1.28 bits per heavy atom. The van der Waals surface area contributed by atoms with Crippen LogP contribution in [0.2, 0.25) is 5.02 Å². The molecule has 1 aliphatic rings. The molecule has 1 fully saturated rings. The fourth-order valence-electron chi connectivity index (χ4n) is 2.82. The largest absolute Gasteiger partial charge is 0.482 e. The first kappa shape index (κ1) is 17.3. The lowest BCUT2D eigenvalue weighted by Gasteiger charge is -2.32. The molecule has 2 aromatic rings. The van der Waals surface area contributed by atoms with Crippen LogP contribution >= 0.6 is 11.6 Å². The summed E-state index contributed by atoms with van der Waals surface area (Å²) >= 11 is 6.00. The van der Waals surface area contributed by atoms with E-state index in [1.807, 2.05) is 0 Å². The summed E-state index contributed by atoms with van der Waals surface area (Å²) in [7, 11) is 0. The number of nitrogens with zero attached hydrogens (tertiary/aromatic N) is 3. The summed E-state index contributed by atoms with van der Waals surface area (Å²) in [6.45, 7) is 1.11. The maximum absolute atomic E-state index is 12.3. The molecular formula is C17H18ClN3O4. The van der Waals surface area contributed by atoms with Gasteiger partial charge in [0, 0.05) is 19.3 Å². The Morgan fingerprint density at radius 3 is 2.64 bits per heavy atom. The van der Waals surface area contributed by atoms with E-state index in [1.165, 1.54) is 12.4 Å². The van der Waals surface area contributed by atoms with Gasteiger partial charge in [0.05, 0.1) is 22.8 Å². The van der Waals surface area contributed by atoms with Gasteiger partial charge in [0.25, 0.3) is 5.91 Å². The van der Waals surface area contributed by atoms with Gasteiger partial charge in [-0.1, -0.05) is 23.7 Å². The van der Waals surface area contributed by atoms with Crippen molar-refractivity contribution in [2.24, 2.45) is 0 Å². The Kier molecular flexibility index (Phi) is 5.23. The van der Waals surface area contributed by atoms with Gasteiger partial charge in [-0.3, -0.25) is 9.48 Å². The molecule has 132 valence electrons. The number of amides is 1. The van der Waals surface area contributed by atoms with E-state index in [9.17, 15) is 9.59 Å². The van der Waals surface area contributed by atoms with Gasteiger partial charge in [-0.2, -0.15) is 5.10 Å². The molecule has 2 heterocycles. The average Bonchev–Trinajstić information content (AvgIpc) is 3.11. The standard InChI is InChI=1S/C17H18ClN3O4/c18-14-3-1-2-4-15(14)25-11-16(22)20-7-5-13(6-8-20)21-10-12(9-19-21)17(23)24/h1-4,9-10,13H,5-8,11H2,(H,23,24). The number of carbonyl (C=O) groups excluding carboxylic acids is 1. The number of halogens is 1. The van der Waals surface area contributed by atoms with Crippen LogP contribution in [0.1, 0.15) is 29.2 Å². The third-order valence-corrected chi connectivity index (χ3v) is 4.54. The SMILES string of the molecule is O=C(O)c1cnn(C2CCN(C(=O)COc3ccccc3Cl)CC2)c1. The van der Waals surface area contributed by atoms with Crippen LogP contribution in [0.4, 0.5) is 0 Å². The summed E-state index contributed by atoms with van der Waals surface area (Å²) in [5.74, 6) is -0.592. The first-order valence-electron chi connectivity index (χ1n) is 7.97. The fraction of sp³-hybridized carbons (Fsp3) is 0.353. The number of carboxylic acid groups (broad SMARTS) is 1. The van der Waals surface area contributed by atoms with Crippen LogP contribution in [-0.4, -0.2) is 51.4 Å². The lowest BCUT2D eigenvalue weighted by atomic mass is 10.1. The van der Waals surface area contributed by atoms with Crippen molar-refractivity contribution in [3.8, 4) is 5.75 Å². The number of carbonyl (C=O) groups is 2. The van der Waals surface area contributed by atoms with E-state index in [1.54, 1.807) is 33.8 Å². The second-order valence-electron chi connectivity index (χ2n) is 5.85. The van der Waals surface area contributed by atoms with E-state index >= 15 is 0 Å². The molecule has 1 amide bonds. The van der Waals surface area contributed by atoms with E-state index in [4.69, 9.17) is 21.4 Å². The Morgan fingerprint density at radius 2 is 2.00 bits per heavy atom. The predicted molar refractivity (Wildman–Crippen MR) is 91.0 cm³/mol. The van der Waals surface area contributed by atoms with Gasteiger partial charge in [0.15, 0.2) is 6.61 Å². The van der Waals surface area contributed by atoms with Crippen LogP contribution in [0.3, 0.4) is 0 Å². The van der Waals surface area contributed by atoms with E-state index in [0.717, 1.165) is 12.8 Å². The minimum Gasteiger partial charge on any atom is -0.482 e.